The molecule has 102 valence electrons. The summed E-state index contributed by atoms with van der Waals surface area (Å²) in [5.41, 5.74) is 0.749. The first-order valence-corrected chi connectivity index (χ1v) is 7.16. The molecule has 1 rings (SSSR count). The fourth-order valence-corrected chi connectivity index (χ4v) is 2.61. The van der Waals surface area contributed by atoms with Crippen LogP contribution in [-0.4, -0.2) is 36.6 Å². The highest BCUT2D eigenvalue weighted by Crippen LogP contribution is 2.33. The zero-order valence-corrected chi connectivity index (χ0v) is 12.8. The van der Waals surface area contributed by atoms with Gasteiger partial charge < -0.3 is 10.2 Å². The average Bonchev–Trinajstić information content (AvgIpc) is 2.15. The van der Waals surface area contributed by atoms with Gasteiger partial charge in [0.15, 0.2) is 0 Å². The van der Waals surface area contributed by atoms with Crippen molar-refractivity contribution in [2.75, 3.05) is 26.2 Å². The van der Waals surface area contributed by atoms with Gasteiger partial charge in [-0.3, -0.25) is 0 Å². The summed E-state index contributed by atoms with van der Waals surface area (Å²) in [5, 5.41) is 3.57. The standard InChI is InChI=1S/C15H32N2/c1-14(2,3)13-7-10-17(11-8-13)12-9-16-15(4,5)6/h13,16H,7-12H2,1-6H3. The van der Waals surface area contributed by atoms with Crippen LogP contribution in [0.2, 0.25) is 0 Å². The molecule has 0 aromatic heterocycles. The average molecular weight is 240 g/mol. The molecule has 0 bridgehead atoms. The van der Waals surface area contributed by atoms with Crippen LogP contribution in [0.15, 0.2) is 0 Å². The van der Waals surface area contributed by atoms with Crippen molar-refractivity contribution in [3.05, 3.63) is 0 Å². The molecular weight excluding hydrogens is 208 g/mol. The van der Waals surface area contributed by atoms with Crippen LogP contribution >= 0.6 is 0 Å². The number of hydrogen-bond donors (Lipinski definition) is 1. The second kappa shape index (κ2) is 5.71. The largest absolute Gasteiger partial charge is 0.311 e. The molecular formula is C15H32N2. The van der Waals surface area contributed by atoms with Crippen LogP contribution in [0.25, 0.3) is 0 Å². The topological polar surface area (TPSA) is 15.3 Å². The van der Waals surface area contributed by atoms with Gasteiger partial charge in [-0.15, -0.1) is 0 Å². The Bertz CT molecular complexity index is 211. The molecule has 1 N–H and O–H groups in total. The zero-order valence-electron chi connectivity index (χ0n) is 12.8. The first-order chi connectivity index (χ1) is 7.68. The molecule has 1 fully saturated rings. The number of hydrogen-bond acceptors (Lipinski definition) is 2. The van der Waals surface area contributed by atoms with Crippen LogP contribution in [0.4, 0.5) is 0 Å². The SMILES string of the molecule is CC(C)(C)NCCN1CCC(C(C)(C)C)CC1. The monoisotopic (exact) mass is 240 g/mol. The number of nitrogens with zero attached hydrogens (tertiary/aromatic N) is 1. The van der Waals surface area contributed by atoms with Crippen LogP contribution in [0, 0.1) is 11.3 Å². The summed E-state index contributed by atoms with van der Waals surface area (Å²) in [6.45, 7) is 18.7. The van der Waals surface area contributed by atoms with Crippen LogP contribution in [0.5, 0.6) is 0 Å². The maximum atomic E-state index is 3.57. The van der Waals surface area contributed by atoms with E-state index in [9.17, 15) is 0 Å². The highest BCUT2D eigenvalue weighted by molar-refractivity contribution is 4.81. The van der Waals surface area contributed by atoms with E-state index in [-0.39, 0.29) is 5.54 Å². The minimum atomic E-state index is 0.254. The molecule has 1 aliphatic heterocycles. The van der Waals surface area contributed by atoms with Gasteiger partial charge in [0.05, 0.1) is 0 Å². The summed E-state index contributed by atoms with van der Waals surface area (Å²) in [6, 6.07) is 0. The van der Waals surface area contributed by atoms with E-state index in [0.717, 1.165) is 12.5 Å². The van der Waals surface area contributed by atoms with Gasteiger partial charge in [0, 0.05) is 18.6 Å². The molecule has 0 atom stereocenters. The lowest BCUT2D eigenvalue weighted by molar-refractivity contribution is 0.111. The van der Waals surface area contributed by atoms with Crippen LogP contribution < -0.4 is 5.32 Å². The fraction of sp³-hybridized carbons (Fsp3) is 1.00. The van der Waals surface area contributed by atoms with Crippen molar-refractivity contribution < 1.29 is 0 Å². The van der Waals surface area contributed by atoms with Crippen molar-refractivity contribution in [1.29, 1.82) is 0 Å². The molecule has 0 aliphatic carbocycles. The molecule has 1 saturated heterocycles. The van der Waals surface area contributed by atoms with E-state index in [1.807, 2.05) is 0 Å². The van der Waals surface area contributed by atoms with E-state index in [1.165, 1.54) is 32.5 Å². The number of rotatable bonds is 3. The molecule has 2 heteroatoms. The van der Waals surface area contributed by atoms with Gasteiger partial charge in [-0.2, -0.15) is 0 Å². The summed E-state index contributed by atoms with van der Waals surface area (Å²) >= 11 is 0. The lowest BCUT2D eigenvalue weighted by Gasteiger charge is -2.39. The minimum absolute atomic E-state index is 0.254. The lowest BCUT2D eigenvalue weighted by Crippen LogP contribution is -2.44. The summed E-state index contributed by atoms with van der Waals surface area (Å²) in [4.78, 5) is 2.61. The molecule has 0 aromatic rings. The summed E-state index contributed by atoms with van der Waals surface area (Å²) < 4.78 is 0. The van der Waals surface area contributed by atoms with E-state index in [4.69, 9.17) is 0 Å². The van der Waals surface area contributed by atoms with Crippen molar-refractivity contribution >= 4 is 0 Å². The van der Waals surface area contributed by atoms with Crippen molar-refractivity contribution in [3.8, 4) is 0 Å². The first kappa shape index (κ1) is 15.0. The van der Waals surface area contributed by atoms with E-state index in [2.05, 4.69) is 51.8 Å². The van der Waals surface area contributed by atoms with E-state index < -0.39 is 0 Å². The second-order valence-corrected chi connectivity index (χ2v) is 7.66. The van der Waals surface area contributed by atoms with E-state index in [1.54, 1.807) is 0 Å². The van der Waals surface area contributed by atoms with Crippen molar-refractivity contribution in [2.45, 2.75) is 59.9 Å². The highest BCUT2D eigenvalue weighted by atomic mass is 15.1. The van der Waals surface area contributed by atoms with Gasteiger partial charge in [0.2, 0.25) is 0 Å². The second-order valence-electron chi connectivity index (χ2n) is 7.66. The Labute approximate surface area is 108 Å². The number of nitrogens with one attached hydrogen (secondary N) is 1. The Morgan fingerprint density at radius 1 is 1.00 bits per heavy atom. The number of likely N-dealkylation sites (tertiary alicyclic amines) is 1. The summed E-state index contributed by atoms with van der Waals surface area (Å²) in [6.07, 6.45) is 2.75. The lowest BCUT2D eigenvalue weighted by atomic mass is 9.75. The molecule has 2 nitrogen and oxygen atoms in total. The smallest absolute Gasteiger partial charge is 0.0107 e. The Balaban J connectivity index is 2.20. The Morgan fingerprint density at radius 2 is 1.53 bits per heavy atom. The maximum Gasteiger partial charge on any atom is 0.0107 e. The first-order valence-electron chi connectivity index (χ1n) is 7.16. The highest BCUT2D eigenvalue weighted by Gasteiger charge is 2.28. The van der Waals surface area contributed by atoms with Gasteiger partial charge in [0.25, 0.3) is 0 Å². The van der Waals surface area contributed by atoms with Gasteiger partial charge in [-0.1, -0.05) is 20.8 Å². The summed E-state index contributed by atoms with van der Waals surface area (Å²) in [5.74, 6) is 0.911. The van der Waals surface area contributed by atoms with E-state index >= 15 is 0 Å². The molecule has 0 radical (unpaired) electrons. The molecule has 1 heterocycles. The number of piperidine rings is 1. The normalized spacial score (nSPS) is 20.8. The molecule has 0 aromatic carbocycles. The van der Waals surface area contributed by atoms with Crippen LogP contribution in [0.1, 0.15) is 54.4 Å². The Kier molecular flexibility index (Phi) is 5.03. The molecule has 0 saturated carbocycles. The molecule has 0 amide bonds. The van der Waals surface area contributed by atoms with Crippen molar-refractivity contribution in [3.63, 3.8) is 0 Å². The molecule has 17 heavy (non-hydrogen) atoms. The van der Waals surface area contributed by atoms with Crippen molar-refractivity contribution in [1.82, 2.24) is 10.2 Å². The predicted molar refractivity (Wildman–Crippen MR) is 76.4 cm³/mol. The third-order valence-corrected chi connectivity index (χ3v) is 3.90. The predicted octanol–water partition coefficient (Wildman–Crippen LogP) is 3.13. The third-order valence-electron chi connectivity index (χ3n) is 3.90. The Hall–Kier alpha value is -0.0800. The zero-order chi connectivity index (χ0) is 13.1. The quantitative estimate of drug-likeness (QED) is 0.815. The van der Waals surface area contributed by atoms with Gasteiger partial charge in [-0.05, 0) is 58.0 Å². The molecule has 0 spiro atoms. The summed E-state index contributed by atoms with van der Waals surface area (Å²) in [7, 11) is 0. The minimum Gasteiger partial charge on any atom is -0.311 e. The molecule has 0 unspecified atom stereocenters. The Morgan fingerprint density at radius 3 is 1.94 bits per heavy atom. The van der Waals surface area contributed by atoms with Crippen LogP contribution in [-0.2, 0) is 0 Å². The molecule has 1 aliphatic rings. The maximum absolute atomic E-state index is 3.57. The van der Waals surface area contributed by atoms with Gasteiger partial charge in [0.1, 0.15) is 0 Å². The van der Waals surface area contributed by atoms with Gasteiger partial charge >= 0.3 is 0 Å². The van der Waals surface area contributed by atoms with Crippen LogP contribution in [0.3, 0.4) is 0 Å². The van der Waals surface area contributed by atoms with Crippen molar-refractivity contribution in [2.24, 2.45) is 11.3 Å². The third kappa shape index (κ3) is 5.87. The van der Waals surface area contributed by atoms with E-state index in [0.29, 0.717) is 5.41 Å². The van der Waals surface area contributed by atoms with Gasteiger partial charge in [-0.25, -0.2) is 0 Å². The fourth-order valence-electron chi connectivity index (χ4n) is 2.61.